The molecular formula is C18H21FN4O3. The van der Waals surface area contributed by atoms with Crippen LogP contribution in [0.4, 0.5) is 10.1 Å². The van der Waals surface area contributed by atoms with E-state index in [1.165, 1.54) is 29.2 Å². The molecule has 1 aromatic carbocycles. The van der Waals surface area contributed by atoms with E-state index in [9.17, 15) is 14.0 Å². The van der Waals surface area contributed by atoms with E-state index < -0.39 is 5.97 Å². The highest BCUT2D eigenvalue weighted by molar-refractivity contribution is 5.88. The van der Waals surface area contributed by atoms with E-state index in [0.29, 0.717) is 38.3 Å². The van der Waals surface area contributed by atoms with Gasteiger partial charge in [0.1, 0.15) is 12.4 Å². The number of halogens is 1. The van der Waals surface area contributed by atoms with Crippen LogP contribution in [0.2, 0.25) is 0 Å². The highest BCUT2D eigenvalue weighted by atomic mass is 19.1. The van der Waals surface area contributed by atoms with Crippen LogP contribution >= 0.6 is 0 Å². The fraction of sp³-hybridized carbons (Fsp3) is 0.389. The second kappa shape index (κ2) is 7.99. The van der Waals surface area contributed by atoms with Crippen LogP contribution in [0, 0.1) is 5.82 Å². The van der Waals surface area contributed by atoms with E-state index >= 15 is 0 Å². The van der Waals surface area contributed by atoms with Crippen LogP contribution in [0.3, 0.4) is 0 Å². The van der Waals surface area contributed by atoms with Gasteiger partial charge < -0.3 is 14.5 Å². The van der Waals surface area contributed by atoms with Gasteiger partial charge in [0.25, 0.3) is 0 Å². The molecular weight excluding hydrogens is 339 g/mol. The van der Waals surface area contributed by atoms with E-state index in [4.69, 9.17) is 4.74 Å². The number of rotatable bonds is 5. The third kappa shape index (κ3) is 4.19. The fourth-order valence-electron chi connectivity index (χ4n) is 2.87. The highest BCUT2D eigenvalue weighted by Crippen LogP contribution is 2.17. The summed E-state index contributed by atoms with van der Waals surface area (Å²) in [5.74, 6) is -0.759. The van der Waals surface area contributed by atoms with Crippen molar-refractivity contribution in [2.45, 2.75) is 13.5 Å². The minimum absolute atomic E-state index is 0.0535. The highest BCUT2D eigenvalue weighted by Gasteiger charge is 2.22. The minimum atomic E-state index is -0.445. The molecule has 1 aromatic heterocycles. The molecule has 0 N–H and O–H groups in total. The number of piperazine rings is 1. The molecule has 0 aliphatic carbocycles. The van der Waals surface area contributed by atoms with Crippen molar-refractivity contribution in [3.8, 4) is 0 Å². The largest absolute Gasteiger partial charge is 0.462 e. The van der Waals surface area contributed by atoms with Crippen LogP contribution in [0.5, 0.6) is 0 Å². The second-order valence-electron chi connectivity index (χ2n) is 5.99. The number of carbonyl (C=O) groups is 2. The smallest absolute Gasteiger partial charge is 0.341 e. The lowest BCUT2D eigenvalue weighted by atomic mass is 10.2. The van der Waals surface area contributed by atoms with Gasteiger partial charge in [-0.05, 0) is 31.2 Å². The average molecular weight is 360 g/mol. The number of aromatic nitrogens is 2. The lowest BCUT2D eigenvalue weighted by Crippen LogP contribution is -2.49. The van der Waals surface area contributed by atoms with E-state index in [1.807, 2.05) is 0 Å². The standard InChI is InChI=1S/C18H21FN4O3/c1-2-26-18(25)14-11-20-23(12-14)13-17(24)22-9-7-21(8-10-22)16-5-3-15(19)4-6-16/h3-6,11-12H,2,7-10,13H2,1H3. The third-order valence-corrected chi connectivity index (χ3v) is 4.27. The quantitative estimate of drug-likeness (QED) is 0.757. The van der Waals surface area contributed by atoms with Gasteiger partial charge in [-0.1, -0.05) is 0 Å². The van der Waals surface area contributed by atoms with Gasteiger partial charge in [-0.25, -0.2) is 9.18 Å². The lowest BCUT2D eigenvalue weighted by molar-refractivity contribution is -0.132. The first kappa shape index (κ1) is 17.9. The summed E-state index contributed by atoms with van der Waals surface area (Å²) in [6, 6.07) is 6.36. The Balaban J connectivity index is 1.52. The number of nitrogens with zero attached hydrogens (tertiary/aromatic N) is 4. The Bertz CT molecular complexity index is 767. The Kier molecular flexibility index (Phi) is 5.50. The predicted molar refractivity (Wildman–Crippen MR) is 93.4 cm³/mol. The Morgan fingerprint density at radius 3 is 2.50 bits per heavy atom. The molecule has 2 heterocycles. The fourth-order valence-corrected chi connectivity index (χ4v) is 2.87. The minimum Gasteiger partial charge on any atom is -0.462 e. The van der Waals surface area contributed by atoms with Crippen molar-refractivity contribution in [3.63, 3.8) is 0 Å². The second-order valence-corrected chi connectivity index (χ2v) is 5.99. The molecule has 3 rings (SSSR count). The van der Waals surface area contributed by atoms with Gasteiger partial charge in [0.2, 0.25) is 5.91 Å². The van der Waals surface area contributed by atoms with Crippen molar-refractivity contribution < 1.29 is 18.7 Å². The maximum Gasteiger partial charge on any atom is 0.341 e. The van der Waals surface area contributed by atoms with Gasteiger partial charge in [0.15, 0.2) is 0 Å². The molecule has 0 atom stereocenters. The molecule has 1 aliphatic heterocycles. The number of benzene rings is 1. The van der Waals surface area contributed by atoms with Gasteiger partial charge >= 0.3 is 5.97 Å². The van der Waals surface area contributed by atoms with Crippen LogP contribution in [0.15, 0.2) is 36.7 Å². The third-order valence-electron chi connectivity index (χ3n) is 4.27. The zero-order valence-corrected chi connectivity index (χ0v) is 14.6. The zero-order valence-electron chi connectivity index (χ0n) is 14.6. The number of amides is 1. The van der Waals surface area contributed by atoms with Gasteiger partial charge in [0.05, 0.1) is 18.4 Å². The van der Waals surface area contributed by atoms with Crippen LogP contribution in [0.25, 0.3) is 0 Å². The molecule has 1 fully saturated rings. The molecule has 0 saturated carbocycles. The van der Waals surface area contributed by atoms with Crippen molar-refractivity contribution in [1.82, 2.24) is 14.7 Å². The molecule has 0 bridgehead atoms. The summed E-state index contributed by atoms with van der Waals surface area (Å²) in [5, 5.41) is 4.05. The molecule has 1 saturated heterocycles. The topological polar surface area (TPSA) is 67.7 Å². The first-order valence-electron chi connectivity index (χ1n) is 8.54. The number of ether oxygens (including phenoxy) is 1. The molecule has 1 amide bonds. The number of esters is 1. The van der Waals surface area contributed by atoms with Gasteiger partial charge in [-0.2, -0.15) is 5.10 Å². The molecule has 8 heteroatoms. The first-order valence-corrected chi connectivity index (χ1v) is 8.54. The SMILES string of the molecule is CCOC(=O)c1cnn(CC(=O)N2CCN(c3ccc(F)cc3)CC2)c1. The number of carbonyl (C=O) groups excluding carboxylic acids is 2. The van der Waals surface area contributed by atoms with Crippen molar-refractivity contribution >= 4 is 17.6 Å². The Hall–Kier alpha value is -2.90. The average Bonchev–Trinajstić information content (AvgIpc) is 3.11. The van der Waals surface area contributed by atoms with Gasteiger partial charge in [0, 0.05) is 38.1 Å². The molecule has 1 aliphatic rings. The summed E-state index contributed by atoms with van der Waals surface area (Å²) >= 11 is 0. The summed E-state index contributed by atoms with van der Waals surface area (Å²) in [5.41, 5.74) is 1.28. The first-order chi connectivity index (χ1) is 12.6. The summed E-state index contributed by atoms with van der Waals surface area (Å²) in [7, 11) is 0. The van der Waals surface area contributed by atoms with Crippen LogP contribution in [-0.4, -0.2) is 59.3 Å². The summed E-state index contributed by atoms with van der Waals surface area (Å²) < 4.78 is 19.4. The molecule has 0 unspecified atom stereocenters. The van der Waals surface area contributed by atoms with E-state index in [2.05, 4.69) is 10.00 Å². The Morgan fingerprint density at radius 1 is 1.15 bits per heavy atom. The van der Waals surface area contributed by atoms with Crippen molar-refractivity contribution in [2.24, 2.45) is 0 Å². The molecule has 138 valence electrons. The Morgan fingerprint density at radius 2 is 1.85 bits per heavy atom. The van der Waals surface area contributed by atoms with E-state index in [0.717, 1.165) is 5.69 Å². The van der Waals surface area contributed by atoms with Crippen LogP contribution in [0.1, 0.15) is 17.3 Å². The summed E-state index contributed by atoms with van der Waals surface area (Å²) in [6.07, 6.45) is 2.92. The summed E-state index contributed by atoms with van der Waals surface area (Å²) in [6.45, 7) is 4.65. The maximum absolute atomic E-state index is 13.0. The van der Waals surface area contributed by atoms with Gasteiger partial charge in [-0.15, -0.1) is 0 Å². The van der Waals surface area contributed by atoms with Gasteiger partial charge in [-0.3, -0.25) is 9.48 Å². The number of hydrogen-bond donors (Lipinski definition) is 0. The molecule has 26 heavy (non-hydrogen) atoms. The normalized spacial score (nSPS) is 14.4. The van der Waals surface area contributed by atoms with Crippen LogP contribution in [-0.2, 0) is 16.1 Å². The zero-order chi connectivity index (χ0) is 18.5. The van der Waals surface area contributed by atoms with Crippen molar-refractivity contribution in [1.29, 1.82) is 0 Å². The maximum atomic E-state index is 13.0. The predicted octanol–water partition coefficient (Wildman–Crippen LogP) is 1.55. The van der Waals surface area contributed by atoms with E-state index in [1.54, 1.807) is 24.0 Å². The monoisotopic (exact) mass is 360 g/mol. The van der Waals surface area contributed by atoms with Crippen molar-refractivity contribution in [2.75, 3.05) is 37.7 Å². The molecule has 0 radical (unpaired) electrons. The molecule has 0 spiro atoms. The molecule has 2 aromatic rings. The number of anilines is 1. The van der Waals surface area contributed by atoms with Crippen molar-refractivity contribution in [3.05, 3.63) is 48.0 Å². The van der Waals surface area contributed by atoms with E-state index in [-0.39, 0.29) is 18.3 Å². The van der Waals surface area contributed by atoms with Crippen LogP contribution < -0.4 is 4.90 Å². The lowest BCUT2D eigenvalue weighted by Gasteiger charge is -2.36. The Labute approximate surface area is 150 Å². The molecule has 7 nitrogen and oxygen atoms in total. The number of hydrogen-bond acceptors (Lipinski definition) is 5. The summed E-state index contributed by atoms with van der Waals surface area (Å²) in [4.78, 5) is 28.0.